The molecule has 1 fully saturated rings. The van der Waals surface area contributed by atoms with Crippen LogP contribution in [-0.2, 0) is 0 Å². The minimum absolute atomic E-state index is 0.194. The first-order valence-corrected chi connectivity index (χ1v) is 5.85. The number of halogens is 5. The van der Waals surface area contributed by atoms with Crippen LogP contribution in [0.25, 0.3) is 0 Å². The van der Waals surface area contributed by atoms with Crippen LogP contribution in [0, 0.1) is 29.1 Å². The van der Waals surface area contributed by atoms with Gasteiger partial charge in [-0.15, -0.1) is 0 Å². The Morgan fingerprint density at radius 3 is 1.89 bits per heavy atom. The fourth-order valence-electron chi connectivity index (χ4n) is 2.14. The van der Waals surface area contributed by atoms with E-state index in [1.165, 1.54) is 0 Å². The highest BCUT2D eigenvalue weighted by Crippen LogP contribution is 2.32. The second-order valence-corrected chi connectivity index (χ2v) is 4.57. The summed E-state index contributed by atoms with van der Waals surface area (Å²) < 4.78 is 70.5. The van der Waals surface area contributed by atoms with Crippen LogP contribution in [0.15, 0.2) is 0 Å². The molecule has 7 heteroatoms. The monoisotopic (exact) mass is 281 g/mol. The molecule has 0 aliphatic heterocycles. The lowest BCUT2D eigenvalue weighted by molar-refractivity contribution is 0.128. The van der Waals surface area contributed by atoms with Gasteiger partial charge in [-0.05, 0) is 25.7 Å². The smallest absolute Gasteiger partial charge is 0.207 e. The number of ether oxygens (including phenoxy) is 1. The molecule has 1 aliphatic rings. The maximum atomic E-state index is 13.4. The Bertz CT molecular complexity index is 464. The summed E-state index contributed by atoms with van der Waals surface area (Å²) in [6.45, 7) is 0. The average molecular weight is 281 g/mol. The SMILES string of the molecule is NC1CCCC(Oc2c(F)c(F)c(F)c(F)c2F)C1. The Hall–Kier alpha value is -1.37. The molecule has 0 bridgehead atoms. The Morgan fingerprint density at radius 1 is 0.842 bits per heavy atom. The summed E-state index contributed by atoms with van der Waals surface area (Å²) in [5.41, 5.74) is 5.66. The molecule has 0 amide bonds. The van der Waals surface area contributed by atoms with Gasteiger partial charge in [0.2, 0.25) is 29.1 Å². The van der Waals surface area contributed by atoms with E-state index in [9.17, 15) is 22.0 Å². The van der Waals surface area contributed by atoms with Crippen molar-refractivity contribution in [2.45, 2.75) is 37.8 Å². The van der Waals surface area contributed by atoms with Crippen molar-refractivity contribution in [1.29, 1.82) is 0 Å². The van der Waals surface area contributed by atoms with Crippen molar-refractivity contribution in [3.05, 3.63) is 29.1 Å². The summed E-state index contributed by atoms with van der Waals surface area (Å²) in [6, 6.07) is -0.194. The van der Waals surface area contributed by atoms with Gasteiger partial charge in [-0.3, -0.25) is 0 Å². The fraction of sp³-hybridized carbons (Fsp3) is 0.500. The van der Waals surface area contributed by atoms with Crippen molar-refractivity contribution in [1.82, 2.24) is 0 Å². The Labute approximate surface area is 106 Å². The van der Waals surface area contributed by atoms with Crippen molar-refractivity contribution >= 4 is 0 Å². The van der Waals surface area contributed by atoms with Gasteiger partial charge in [-0.25, -0.2) is 13.2 Å². The van der Waals surface area contributed by atoms with Crippen LogP contribution in [0.4, 0.5) is 22.0 Å². The molecule has 2 atom stereocenters. The van der Waals surface area contributed by atoms with Gasteiger partial charge in [0.1, 0.15) is 6.10 Å². The molecule has 106 valence electrons. The van der Waals surface area contributed by atoms with Gasteiger partial charge in [0.15, 0.2) is 5.75 Å². The maximum Gasteiger partial charge on any atom is 0.207 e. The fourth-order valence-corrected chi connectivity index (χ4v) is 2.14. The maximum absolute atomic E-state index is 13.4. The molecule has 1 saturated carbocycles. The normalized spacial score (nSPS) is 23.5. The lowest BCUT2D eigenvalue weighted by Gasteiger charge is -2.27. The number of hydrogen-bond acceptors (Lipinski definition) is 2. The van der Waals surface area contributed by atoms with E-state index in [1.54, 1.807) is 0 Å². The van der Waals surface area contributed by atoms with Gasteiger partial charge in [0, 0.05) is 6.04 Å². The topological polar surface area (TPSA) is 35.2 Å². The molecular formula is C12H12F5NO. The molecular weight excluding hydrogens is 269 g/mol. The highest BCUT2D eigenvalue weighted by molar-refractivity contribution is 5.30. The second-order valence-electron chi connectivity index (χ2n) is 4.57. The van der Waals surface area contributed by atoms with Crippen molar-refractivity contribution in [2.75, 3.05) is 0 Å². The van der Waals surface area contributed by atoms with Gasteiger partial charge in [0.05, 0.1) is 0 Å². The van der Waals surface area contributed by atoms with E-state index in [4.69, 9.17) is 10.5 Å². The van der Waals surface area contributed by atoms with Gasteiger partial charge in [0.25, 0.3) is 0 Å². The third-order valence-corrected chi connectivity index (χ3v) is 3.12. The summed E-state index contributed by atoms with van der Waals surface area (Å²) in [5, 5.41) is 0. The lowest BCUT2D eigenvalue weighted by Crippen LogP contribution is -2.34. The summed E-state index contributed by atoms with van der Waals surface area (Å²) in [5.74, 6) is -11.3. The molecule has 0 heterocycles. The first-order valence-electron chi connectivity index (χ1n) is 5.85. The molecule has 1 aromatic carbocycles. The van der Waals surface area contributed by atoms with Crippen LogP contribution in [0.1, 0.15) is 25.7 Å². The average Bonchev–Trinajstić information content (AvgIpc) is 2.39. The van der Waals surface area contributed by atoms with Crippen LogP contribution in [0.2, 0.25) is 0 Å². The van der Waals surface area contributed by atoms with Crippen LogP contribution < -0.4 is 10.5 Å². The molecule has 0 saturated heterocycles. The van der Waals surface area contributed by atoms with E-state index in [0.29, 0.717) is 19.3 Å². The number of benzene rings is 1. The van der Waals surface area contributed by atoms with Crippen molar-refractivity contribution in [2.24, 2.45) is 5.73 Å². The van der Waals surface area contributed by atoms with Crippen molar-refractivity contribution < 1.29 is 26.7 Å². The van der Waals surface area contributed by atoms with Crippen LogP contribution >= 0.6 is 0 Å². The molecule has 0 spiro atoms. The first-order chi connectivity index (χ1) is 8.91. The number of rotatable bonds is 2. The molecule has 2 rings (SSSR count). The number of hydrogen-bond donors (Lipinski definition) is 1. The molecule has 0 radical (unpaired) electrons. The standard InChI is InChI=1S/C12H12F5NO/c13-7-8(14)10(16)12(11(17)9(7)15)19-6-3-1-2-5(18)4-6/h5-6H,1-4,18H2. The van der Waals surface area contributed by atoms with Gasteiger partial charge in [-0.1, -0.05) is 0 Å². The van der Waals surface area contributed by atoms with Crippen molar-refractivity contribution in [3.8, 4) is 5.75 Å². The Balaban J connectivity index is 2.30. The summed E-state index contributed by atoms with van der Waals surface area (Å²) >= 11 is 0. The van der Waals surface area contributed by atoms with E-state index in [-0.39, 0.29) is 6.04 Å². The van der Waals surface area contributed by atoms with Crippen LogP contribution in [0.5, 0.6) is 5.75 Å². The highest BCUT2D eigenvalue weighted by Gasteiger charge is 2.30. The third kappa shape index (κ3) is 2.65. The van der Waals surface area contributed by atoms with Crippen molar-refractivity contribution in [3.63, 3.8) is 0 Å². The lowest BCUT2D eigenvalue weighted by atomic mass is 9.93. The minimum atomic E-state index is -2.19. The van der Waals surface area contributed by atoms with Crippen LogP contribution in [-0.4, -0.2) is 12.1 Å². The van der Waals surface area contributed by atoms with Gasteiger partial charge < -0.3 is 10.5 Å². The molecule has 0 aromatic heterocycles. The largest absolute Gasteiger partial charge is 0.484 e. The molecule has 2 unspecified atom stereocenters. The van der Waals surface area contributed by atoms with E-state index < -0.39 is 40.9 Å². The van der Waals surface area contributed by atoms with Gasteiger partial charge in [-0.2, -0.15) is 8.78 Å². The quantitative estimate of drug-likeness (QED) is 0.514. The molecule has 2 N–H and O–H groups in total. The summed E-state index contributed by atoms with van der Waals surface area (Å²) in [6.07, 6.45) is 1.57. The molecule has 1 aliphatic carbocycles. The third-order valence-electron chi connectivity index (χ3n) is 3.12. The zero-order valence-electron chi connectivity index (χ0n) is 9.86. The molecule has 19 heavy (non-hydrogen) atoms. The predicted molar refractivity (Wildman–Crippen MR) is 57.1 cm³/mol. The Kier molecular flexibility index (Phi) is 3.93. The van der Waals surface area contributed by atoms with E-state index in [0.717, 1.165) is 6.42 Å². The molecule has 2 nitrogen and oxygen atoms in total. The summed E-state index contributed by atoms with van der Waals surface area (Å²) in [7, 11) is 0. The Morgan fingerprint density at radius 2 is 1.37 bits per heavy atom. The zero-order chi connectivity index (χ0) is 14.2. The van der Waals surface area contributed by atoms with E-state index >= 15 is 0 Å². The van der Waals surface area contributed by atoms with Crippen LogP contribution in [0.3, 0.4) is 0 Å². The van der Waals surface area contributed by atoms with E-state index in [1.807, 2.05) is 0 Å². The number of nitrogens with two attached hydrogens (primary N) is 1. The van der Waals surface area contributed by atoms with Gasteiger partial charge >= 0.3 is 0 Å². The second kappa shape index (κ2) is 5.32. The zero-order valence-corrected chi connectivity index (χ0v) is 9.86. The minimum Gasteiger partial charge on any atom is -0.484 e. The molecule has 1 aromatic rings. The predicted octanol–water partition coefficient (Wildman–Crippen LogP) is 3.03. The van der Waals surface area contributed by atoms with E-state index in [2.05, 4.69) is 0 Å². The summed E-state index contributed by atoms with van der Waals surface area (Å²) in [4.78, 5) is 0. The first kappa shape index (κ1) is 14.0. The highest BCUT2D eigenvalue weighted by atomic mass is 19.2.